The van der Waals surface area contributed by atoms with E-state index in [2.05, 4.69) is 15.3 Å². The molecule has 1 aromatic carbocycles. The third kappa shape index (κ3) is 4.09. The molecule has 1 fully saturated rings. The molecule has 0 radical (unpaired) electrons. The number of fused-ring (bicyclic) bond motifs is 1. The first-order valence-electron chi connectivity index (χ1n) is 9.22. The Kier molecular flexibility index (Phi) is 5.43. The number of anilines is 1. The van der Waals surface area contributed by atoms with Crippen molar-refractivity contribution in [2.24, 2.45) is 5.92 Å². The van der Waals surface area contributed by atoms with Crippen LogP contribution in [-0.4, -0.2) is 35.7 Å². The van der Waals surface area contributed by atoms with Gasteiger partial charge in [-0.1, -0.05) is 6.07 Å². The average Bonchev–Trinajstić information content (AvgIpc) is 2.75. The van der Waals surface area contributed by atoms with Crippen molar-refractivity contribution in [3.8, 4) is 5.88 Å². The zero-order valence-corrected chi connectivity index (χ0v) is 15.2. The number of carbonyl (C=O) groups is 1. The summed E-state index contributed by atoms with van der Waals surface area (Å²) in [5, 5.41) is 3.65. The first kappa shape index (κ1) is 18.3. The molecular weight excluding hydrogens is 361 g/mol. The van der Waals surface area contributed by atoms with Crippen molar-refractivity contribution in [1.82, 2.24) is 9.97 Å². The molecule has 0 unspecified atom stereocenters. The second kappa shape index (κ2) is 8.31. The molecule has 3 aromatic rings. The Morgan fingerprint density at radius 2 is 2.04 bits per heavy atom. The van der Waals surface area contributed by atoms with Gasteiger partial charge in [0.25, 0.3) is 5.91 Å². The van der Waals surface area contributed by atoms with E-state index < -0.39 is 5.82 Å². The van der Waals surface area contributed by atoms with Crippen LogP contribution >= 0.6 is 0 Å². The van der Waals surface area contributed by atoms with Gasteiger partial charge in [0.2, 0.25) is 5.88 Å². The van der Waals surface area contributed by atoms with Crippen LogP contribution < -0.4 is 10.1 Å². The van der Waals surface area contributed by atoms with Crippen LogP contribution in [0.25, 0.3) is 10.8 Å². The second-order valence-corrected chi connectivity index (χ2v) is 6.71. The molecule has 1 aliphatic rings. The minimum atomic E-state index is -0.470. The number of halogens is 1. The van der Waals surface area contributed by atoms with E-state index >= 15 is 0 Å². The van der Waals surface area contributed by atoms with Crippen molar-refractivity contribution in [3.05, 3.63) is 60.3 Å². The molecule has 0 bridgehead atoms. The summed E-state index contributed by atoms with van der Waals surface area (Å²) in [6, 6.07) is 10.1. The van der Waals surface area contributed by atoms with Crippen LogP contribution in [0.4, 0.5) is 10.1 Å². The van der Waals surface area contributed by atoms with Crippen molar-refractivity contribution in [2.75, 3.05) is 25.1 Å². The van der Waals surface area contributed by atoms with Crippen molar-refractivity contribution in [1.29, 1.82) is 0 Å². The summed E-state index contributed by atoms with van der Waals surface area (Å²) in [6.07, 6.45) is 4.58. The topological polar surface area (TPSA) is 73.3 Å². The van der Waals surface area contributed by atoms with E-state index in [9.17, 15) is 9.18 Å². The van der Waals surface area contributed by atoms with E-state index in [0.29, 0.717) is 40.6 Å². The zero-order chi connectivity index (χ0) is 19.3. The number of hydrogen-bond acceptors (Lipinski definition) is 5. The summed E-state index contributed by atoms with van der Waals surface area (Å²) in [5.41, 5.74) is 0.766. The predicted octanol–water partition coefficient (Wildman–Crippen LogP) is 3.83. The zero-order valence-electron chi connectivity index (χ0n) is 15.2. The Bertz CT molecular complexity index is 975. The largest absolute Gasteiger partial charge is 0.477 e. The molecule has 1 N–H and O–H groups in total. The number of carbonyl (C=O) groups excluding carboxylic acids is 1. The number of rotatable bonds is 5. The summed E-state index contributed by atoms with van der Waals surface area (Å²) in [7, 11) is 0. The Morgan fingerprint density at radius 1 is 1.18 bits per heavy atom. The van der Waals surface area contributed by atoms with Gasteiger partial charge in [-0.05, 0) is 49.1 Å². The smallest absolute Gasteiger partial charge is 0.274 e. The molecule has 1 saturated heterocycles. The number of nitrogens with one attached hydrogen (secondary N) is 1. The van der Waals surface area contributed by atoms with Crippen LogP contribution in [0.2, 0.25) is 0 Å². The molecule has 28 heavy (non-hydrogen) atoms. The maximum atomic E-state index is 14.3. The van der Waals surface area contributed by atoms with Crippen molar-refractivity contribution >= 4 is 22.4 Å². The van der Waals surface area contributed by atoms with E-state index in [4.69, 9.17) is 9.47 Å². The third-order valence-corrected chi connectivity index (χ3v) is 4.75. The van der Waals surface area contributed by atoms with Gasteiger partial charge < -0.3 is 14.8 Å². The van der Waals surface area contributed by atoms with Gasteiger partial charge in [-0.2, -0.15) is 0 Å². The quantitative estimate of drug-likeness (QED) is 0.727. The number of benzene rings is 1. The van der Waals surface area contributed by atoms with E-state index in [1.54, 1.807) is 42.6 Å². The van der Waals surface area contributed by atoms with Crippen LogP contribution in [0.5, 0.6) is 5.88 Å². The van der Waals surface area contributed by atoms with E-state index in [0.717, 1.165) is 32.3 Å². The number of amides is 1. The average molecular weight is 381 g/mol. The second-order valence-electron chi connectivity index (χ2n) is 6.71. The van der Waals surface area contributed by atoms with E-state index in [1.165, 1.54) is 0 Å². The summed E-state index contributed by atoms with van der Waals surface area (Å²) in [6.45, 7) is 2.01. The molecule has 6 nitrogen and oxygen atoms in total. The maximum Gasteiger partial charge on any atom is 0.274 e. The van der Waals surface area contributed by atoms with Gasteiger partial charge >= 0.3 is 0 Å². The Hall–Kier alpha value is -3.06. The Balaban J connectivity index is 1.53. The first-order valence-corrected chi connectivity index (χ1v) is 9.22. The highest BCUT2D eigenvalue weighted by Crippen LogP contribution is 2.29. The highest BCUT2D eigenvalue weighted by Gasteiger charge is 2.17. The number of hydrogen-bond donors (Lipinski definition) is 1. The monoisotopic (exact) mass is 381 g/mol. The summed E-state index contributed by atoms with van der Waals surface area (Å²) >= 11 is 0. The minimum Gasteiger partial charge on any atom is -0.477 e. The molecular formula is C21H20FN3O3. The fraction of sp³-hybridized carbons (Fsp3) is 0.286. The molecule has 0 saturated carbocycles. The van der Waals surface area contributed by atoms with Crippen LogP contribution in [-0.2, 0) is 4.74 Å². The maximum absolute atomic E-state index is 14.3. The van der Waals surface area contributed by atoms with Crippen molar-refractivity contribution in [2.45, 2.75) is 12.8 Å². The number of ether oxygens (including phenoxy) is 2. The van der Waals surface area contributed by atoms with Crippen LogP contribution in [0.15, 0.2) is 48.8 Å². The molecule has 2 aromatic heterocycles. The van der Waals surface area contributed by atoms with Crippen LogP contribution in [0.3, 0.4) is 0 Å². The van der Waals surface area contributed by atoms with Gasteiger partial charge in [-0.15, -0.1) is 0 Å². The first-order chi connectivity index (χ1) is 13.7. The lowest BCUT2D eigenvalue weighted by molar-refractivity contribution is 0.0493. The van der Waals surface area contributed by atoms with E-state index in [-0.39, 0.29) is 5.91 Å². The van der Waals surface area contributed by atoms with Crippen molar-refractivity contribution in [3.63, 3.8) is 0 Å². The molecule has 3 heterocycles. The van der Waals surface area contributed by atoms with Crippen LogP contribution in [0.1, 0.15) is 23.3 Å². The van der Waals surface area contributed by atoms with Gasteiger partial charge in [0.1, 0.15) is 11.5 Å². The molecule has 0 spiro atoms. The van der Waals surface area contributed by atoms with Crippen LogP contribution in [0, 0.1) is 11.7 Å². The van der Waals surface area contributed by atoms with Gasteiger partial charge in [-0.25, -0.2) is 9.37 Å². The van der Waals surface area contributed by atoms with Crippen molar-refractivity contribution < 1.29 is 18.7 Å². The van der Waals surface area contributed by atoms with Gasteiger partial charge in [0.15, 0.2) is 0 Å². The van der Waals surface area contributed by atoms with Gasteiger partial charge in [0, 0.05) is 35.9 Å². The summed E-state index contributed by atoms with van der Waals surface area (Å²) < 4.78 is 25.6. The number of pyridine rings is 2. The fourth-order valence-corrected chi connectivity index (χ4v) is 3.18. The molecule has 7 heteroatoms. The fourth-order valence-electron chi connectivity index (χ4n) is 3.18. The Morgan fingerprint density at radius 3 is 2.82 bits per heavy atom. The SMILES string of the molecule is O=C(Nc1ccc2c(OCC3CCOCC3)ncc(F)c2c1)c1ccccn1. The molecule has 144 valence electrons. The van der Waals surface area contributed by atoms with E-state index in [1.807, 2.05) is 0 Å². The molecule has 1 aliphatic heterocycles. The van der Waals surface area contributed by atoms with Gasteiger partial charge in [-0.3, -0.25) is 9.78 Å². The highest BCUT2D eigenvalue weighted by molar-refractivity contribution is 6.04. The number of aromatic nitrogens is 2. The lowest BCUT2D eigenvalue weighted by Gasteiger charge is -2.22. The molecule has 0 aliphatic carbocycles. The Labute approximate surface area is 161 Å². The normalized spacial score (nSPS) is 14.8. The lowest BCUT2D eigenvalue weighted by atomic mass is 10.0. The minimum absolute atomic E-state index is 0.290. The summed E-state index contributed by atoms with van der Waals surface area (Å²) in [4.78, 5) is 20.4. The standard InChI is InChI=1S/C21H20FN3O3/c22-18-12-24-21(28-13-14-6-9-27-10-7-14)16-5-4-15(11-17(16)18)25-20(26)19-3-1-2-8-23-19/h1-5,8,11-12,14H,6-7,9-10,13H2,(H,25,26). The predicted molar refractivity (Wildman–Crippen MR) is 103 cm³/mol. The molecule has 4 rings (SSSR count). The third-order valence-electron chi connectivity index (χ3n) is 4.75. The lowest BCUT2D eigenvalue weighted by Crippen LogP contribution is -2.21. The van der Waals surface area contributed by atoms with Gasteiger partial charge in [0.05, 0.1) is 12.8 Å². The highest BCUT2D eigenvalue weighted by atomic mass is 19.1. The molecule has 0 atom stereocenters. The number of nitrogens with zero attached hydrogens (tertiary/aromatic N) is 2. The molecule has 1 amide bonds. The summed E-state index contributed by atoms with van der Waals surface area (Å²) in [5.74, 6) is -0.0224.